The van der Waals surface area contributed by atoms with Crippen LogP contribution >= 0.6 is 0 Å². The number of ketones is 1. The number of aliphatic imine (C=N–C) groups is 4. The first-order valence-electron chi connectivity index (χ1n) is 24.7. The summed E-state index contributed by atoms with van der Waals surface area (Å²) in [6.07, 6.45) is 21.9. The number of rotatable bonds is 22. The summed E-state index contributed by atoms with van der Waals surface area (Å²) in [6.45, 7) is 25.7. The second kappa shape index (κ2) is 22.3. The predicted molar refractivity (Wildman–Crippen MR) is 269 cm³/mol. The van der Waals surface area contributed by atoms with Crippen molar-refractivity contribution in [2.24, 2.45) is 49.6 Å². The number of carbonyl (C=O) groups is 3. The van der Waals surface area contributed by atoms with Crippen LogP contribution in [0.25, 0.3) is 0 Å². The van der Waals surface area contributed by atoms with E-state index in [0.717, 1.165) is 64.1 Å². The maximum atomic E-state index is 14.9. The van der Waals surface area contributed by atoms with Gasteiger partial charge in [-0.05, 0) is 118 Å². The average molecular weight is 915 g/mol. The molecule has 0 aromatic rings. The smallest absolute Gasteiger partial charge is 0.354 e. The molecule has 0 radical (unpaired) electrons. The molecule has 1 fully saturated rings. The van der Waals surface area contributed by atoms with Gasteiger partial charge in [-0.3, -0.25) is 14.6 Å². The molecule has 0 aromatic heterocycles. The number of methoxy groups -OCH3 is 1. The van der Waals surface area contributed by atoms with Gasteiger partial charge in [0.1, 0.15) is 6.61 Å². The number of carbonyl (C=O) groups excluding carboxylic acids is 3. The predicted octanol–water partition coefficient (Wildman–Crippen LogP) is 12.3. The second-order valence-corrected chi connectivity index (χ2v) is 19.8. The molecule has 11 heteroatoms. The van der Waals surface area contributed by atoms with E-state index in [1.165, 1.54) is 64.7 Å². The molecule has 1 aliphatic carbocycles. The molecule has 11 nitrogen and oxygen atoms in total. The molecule has 1 saturated carbocycles. The van der Waals surface area contributed by atoms with E-state index in [-0.39, 0.29) is 41.8 Å². The zero-order chi connectivity index (χ0) is 48.7. The first kappa shape index (κ1) is 51.3. The average Bonchev–Trinajstić information content (AvgIpc) is 4.02. The van der Waals surface area contributed by atoms with E-state index in [9.17, 15) is 14.4 Å². The molecule has 0 aromatic carbocycles. The minimum absolute atomic E-state index is 0.0658. The van der Waals surface area contributed by atoms with Gasteiger partial charge >= 0.3 is 11.9 Å². The quantitative estimate of drug-likeness (QED) is 0.0346. The highest BCUT2D eigenvalue weighted by molar-refractivity contribution is 6.46. The van der Waals surface area contributed by atoms with Crippen LogP contribution in [0.2, 0.25) is 0 Å². The molecule has 5 atom stereocenters. The monoisotopic (exact) mass is 915 g/mol. The molecule has 0 N–H and O–H groups in total. The fourth-order valence-electron chi connectivity index (χ4n) is 10.3. The number of allylic oxidation sites excluding steroid dienone is 11. The Balaban J connectivity index is 1.26. The summed E-state index contributed by atoms with van der Waals surface area (Å²) < 4.78 is 11.1. The Morgan fingerprint density at radius 3 is 2.09 bits per heavy atom. The summed E-state index contributed by atoms with van der Waals surface area (Å²) in [6, 6.07) is 0. The van der Waals surface area contributed by atoms with Crippen LogP contribution in [0.15, 0.2) is 124 Å². The van der Waals surface area contributed by atoms with E-state index in [1.807, 2.05) is 45.1 Å². The van der Waals surface area contributed by atoms with Crippen molar-refractivity contribution in [3.63, 3.8) is 0 Å². The zero-order valence-corrected chi connectivity index (χ0v) is 42.3. The minimum atomic E-state index is -2.36. The van der Waals surface area contributed by atoms with Gasteiger partial charge in [-0.1, -0.05) is 105 Å². The Morgan fingerprint density at radius 2 is 1.45 bits per heavy atom. The zero-order valence-electron chi connectivity index (χ0n) is 42.3. The van der Waals surface area contributed by atoms with Crippen LogP contribution in [-0.4, -0.2) is 67.0 Å². The summed E-state index contributed by atoms with van der Waals surface area (Å²) in [7, 11) is 2.44. The molecule has 5 unspecified atom stereocenters. The van der Waals surface area contributed by atoms with Crippen LogP contribution in [0, 0.1) is 29.6 Å². The van der Waals surface area contributed by atoms with Crippen molar-refractivity contribution in [3.8, 4) is 0 Å². The van der Waals surface area contributed by atoms with Gasteiger partial charge in [-0.25, -0.2) is 29.5 Å². The Kier molecular flexibility index (Phi) is 17.1. The molecular weight excluding hydrogens is 841 g/mol. The molecule has 5 aliphatic heterocycles. The van der Waals surface area contributed by atoms with Gasteiger partial charge in [-0.15, -0.1) is 0 Å². The van der Waals surface area contributed by atoms with Gasteiger partial charge in [0.2, 0.25) is 5.78 Å². The van der Waals surface area contributed by atoms with Gasteiger partial charge in [0, 0.05) is 29.5 Å². The number of ether oxygens (including phenoxy) is 2. The molecular formula is C56H74N4O7. The lowest BCUT2D eigenvalue weighted by atomic mass is 9.82. The Morgan fingerprint density at radius 1 is 0.821 bits per heavy atom. The lowest BCUT2D eigenvalue weighted by molar-refractivity contribution is -0.315. The number of nitrogens with zero attached hydrogens (tertiary/aromatic N) is 4. The lowest BCUT2D eigenvalue weighted by Gasteiger charge is -2.27. The topological polar surface area (TPSA) is 138 Å². The molecule has 6 rings (SSSR count). The van der Waals surface area contributed by atoms with Crippen LogP contribution in [0.3, 0.4) is 0 Å². The molecule has 360 valence electrons. The number of fused-ring (bicyclic) bond motifs is 4. The molecule has 0 spiro atoms. The molecule has 0 saturated heterocycles. The Labute approximate surface area is 399 Å². The van der Waals surface area contributed by atoms with Crippen molar-refractivity contribution in [1.82, 2.24) is 0 Å². The van der Waals surface area contributed by atoms with Crippen LogP contribution in [0.5, 0.6) is 0 Å². The van der Waals surface area contributed by atoms with Crippen LogP contribution in [0.1, 0.15) is 146 Å². The lowest BCUT2D eigenvalue weighted by Crippen LogP contribution is -2.49. The molecule has 6 aliphatic rings. The fraction of sp³-hybridized carbons (Fsp3) is 0.554. The normalized spacial score (nSPS) is 23.4. The number of esters is 2. The largest absolute Gasteiger partial charge is 0.466 e. The number of Topliss-reactive ketones (excluding diaryl/α,β-unsaturated/α-hetero) is 1. The standard InChI is InChI=1S/C56H74N4O7/c1-14-40-36(8)43-29-45-38(10)42(25-26-49(61)66-28-27-35(7)24-18-23-34(6)22-17-21-33(5)20-16-19-32(3)4)52(59-45)51-53-50(54(62)56(51,67-65-13)55(63)64-12)39(11)46(60-53)31-48-41(15-2)37(9)44(58-48)30-47(40)57-43/h14,27,29-34,38,42H,1,15-26,28H2,2-13H3. The van der Waals surface area contributed by atoms with E-state index >= 15 is 0 Å². The highest BCUT2D eigenvalue weighted by atomic mass is 17.2. The summed E-state index contributed by atoms with van der Waals surface area (Å²) >= 11 is 0. The highest BCUT2D eigenvalue weighted by Crippen LogP contribution is 2.50. The van der Waals surface area contributed by atoms with Crippen LogP contribution in [0.4, 0.5) is 0 Å². The maximum absolute atomic E-state index is 14.9. The molecule has 67 heavy (non-hydrogen) atoms. The number of hydrogen-bond donors (Lipinski definition) is 0. The number of hydrogen-bond acceptors (Lipinski definition) is 11. The van der Waals surface area contributed by atoms with E-state index in [1.54, 1.807) is 13.0 Å². The Bertz CT molecular complexity index is 2420. The van der Waals surface area contributed by atoms with Crippen molar-refractivity contribution in [2.45, 2.75) is 152 Å². The van der Waals surface area contributed by atoms with Crippen LogP contribution in [-0.2, 0) is 33.6 Å². The minimum Gasteiger partial charge on any atom is -0.466 e. The Hall–Kier alpha value is -5.13. The van der Waals surface area contributed by atoms with Crippen molar-refractivity contribution in [2.75, 3.05) is 20.8 Å². The van der Waals surface area contributed by atoms with Crippen molar-refractivity contribution in [1.29, 1.82) is 0 Å². The van der Waals surface area contributed by atoms with E-state index in [4.69, 9.17) is 39.2 Å². The third-order valence-electron chi connectivity index (χ3n) is 14.5. The highest BCUT2D eigenvalue weighted by Gasteiger charge is 2.65. The van der Waals surface area contributed by atoms with Gasteiger partial charge in [0.15, 0.2) is 0 Å². The van der Waals surface area contributed by atoms with Crippen molar-refractivity contribution in [3.05, 3.63) is 104 Å². The van der Waals surface area contributed by atoms with Gasteiger partial charge < -0.3 is 9.47 Å². The van der Waals surface area contributed by atoms with Gasteiger partial charge in [0.25, 0.3) is 5.60 Å². The van der Waals surface area contributed by atoms with Crippen LogP contribution < -0.4 is 0 Å². The summed E-state index contributed by atoms with van der Waals surface area (Å²) in [5, 5.41) is 0. The first-order chi connectivity index (χ1) is 32.0. The first-order valence-corrected chi connectivity index (χ1v) is 24.7. The SMILES string of the molecule is C=CC1=C(C)C2=CC3=NC(=C4C5=NC(=CC6=NC(=CC1=N2)C(C)=C6CC)C(C)=C5C(=O)C4(OOC)C(=O)OC)C(CCC(=O)OCC=C(C)CCCC(C)CCCC(C)CCCC(C)C)C3C. The molecule has 0 amide bonds. The van der Waals surface area contributed by atoms with E-state index < -0.39 is 23.3 Å². The fourth-order valence-corrected chi connectivity index (χ4v) is 10.3. The summed E-state index contributed by atoms with van der Waals surface area (Å²) in [4.78, 5) is 74.0. The summed E-state index contributed by atoms with van der Waals surface area (Å²) in [5.74, 6) is -0.470. The molecule has 5 heterocycles. The molecule has 8 bridgehead atoms. The van der Waals surface area contributed by atoms with Gasteiger partial charge in [-0.2, -0.15) is 0 Å². The summed E-state index contributed by atoms with van der Waals surface area (Å²) in [5.41, 5.74) is 8.40. The van der Waals surface area contributed by atoms with Gasteiger partial charge in [0.05, 0.1) is 65.3 Å². The van der Waals surface area contributed by atoms with E-state index in [2.05, 4.69) is 48.1 Å². The van der Waals surface area contributed by atoms with Crippen molar-refractivity contribution >= 4 is 40.6 Å². The third-order valence-corrected chi connectivity index (χ3v) is 14.5. The third kappa shape index (κ3) is 10.8. The second-order valence-electron chi connectivity index (χ2n) is 19.8. The van der Waals surface area contributed by atoms with Crippen molar-refractivity contribution < 1.29 is 33.6 Å². The van der Waals surface area contributed by atoms with E-state index in [0.29, 0.717) is 47.1 Å². The maximum Gasteiger partial charge on any atom is 0.354 e.